The van der Waals surface area contributed by atoms with E-state index >= 15 is 0 Å². The highest BCUT2D eigenvalue weighted by Crippen LogP contribution is 2.36. The fraction of sp³-hybridized carbons (Fsp3) is 0.231. The second-order valence-electron chi connectivity index (χ2n) is 4.10. The second-order valence-corrected chi connectivity index (χ2v) is 5.99. The Morgan fingerprint density at radius 3 is 2.86 bits per heavy atom. The maximum Gasteiger partial charge on any atom is 0.320 e. The van der Waals surface area contributed by atoms with Crippen LogP contribution in [0.5, 0.6) is 0 Å². The lowest BCUT2D eigenvalue weighted by atomic mass is 10.4. The molecule has 2 aromatic rings. The Morgan fingerprint density at radius 1 is 1.43 bits per heavy atom. The Labute approximate surface area is 134 Å². The van der Waals surface area contributed by atoms with Crippen molar-refractivity contribution in [2.75, 3.05) is 11.9 Å². The van der Waals surface area contributed by atoms with E-state index in [-0.39, 0.29) is 5.69 Å². The van der Waals surface area contributed by atoms with Crippen LogP contribution in [-0.2, 0) is 0 Å². The van der Waals surface area contributed by atoms with E-state index in [0.29, 0.717) is 11.0 Å². The van der Waals surface area contributed by atoms with E-state index in [1.807, 2.05) is 31.2 Å². The maximum absolute atomic E-state index is 11.1. The largest absolute Gasteiger partial charge is 0.354 e. The van der Waals surface area contributed by atoms with Crippen LogP contribution in [0.4, 0.5) is 11.6 Å². The summed E-state index contributed by atoms with van der Waals surface area (Å²) in [7, 11) is 0. The van der Waals surface area contributed by atoms with Gasteiger partial charge in [0.15, 0.2) is 5.03 Å². The fourth-order valence-corrected chi connectivity index (χ4v) is 2.93. The average molecular weight is 369 g/mol. The molecule has 0 atom stereocenters. The van der Waals surface area contributed by atoms with Gasteiger partial charge in [0.2, 0.25) is 5.95 Å². The Hall–Kier alpha value is -1.67. The van der Waals surface area contributed by atoms with Crippen LogP contribution in [0.3, 0.4) is 0 Å². The number of hydrogen-bond donors (Lipinski definition) is 1. The van der Waals surface area contributed by atoms with Gasteiger partial charge >= 0.3 is 5.69 Å². The summed E-state index contributed by atoms with van der Waals surface area (Å²) in [5.74, 6) is 0.400. The van der Waals surface area contributed by atoms with Gasteiger partial charge in [0.05, 0.1) is 4.92 Å². The third-order valence-corrected chi connectivity index (χ3v) is 4.53. The minimum absolute atomic E-state index is 0.0993. The molecule has 0 aliphatic carbocycles. The monoisotopic (exact) mass is 368 g/mol. The van der Waals surface area contributed by atoms with Crippen molar-refractivity contribution in [1.82, 2.24) is 9.97 Å². The smallest absolute Gasteiger partial charge is 0.320 e. The van der Waals surface area contributed by atoms with Crippen molar-refractivity contribution in [3.05, 3.63) is 45.0 Å². The first-order valence-electron chi connectivity index (χ1n) is 6.29. The number of nitro groups is 1. The number of rotatable bonds is 6. The Bertz CT molecular complexity index is 654. The van der Waals surface area contributed by atoms with Gasteiger partial charge in [0.1, 0.15) is 6.20 Å². The summed E-state index contributed by atoms with van der Waals surface area (Å²) in [4.78, 5) is 19.7. The van der Waals surface area contributed by atoms with Crippen molar-refractivity contribution in [2.45, 2.75) is 23.3 Å². The van der Waals surface area contributed by atoms with Crippen LogP contribution in [0.15, 0.2) is 44.9 Å². The van der Waals surface area contributed by atoms with E-state index in [1.54, 1.807) is 0 Å². The molecule has 1 heterocycles. The van der Waals surface area contributed by atoms with Crippen molar-refractivity contribution < 1.29 is 4.92 Å². The summed E-state index contributed by atoms with van der Waals surface area (Å²) in [6.45, 7) is 2.74. The first-order valence-corrected chi connectivity index (χ1v) is 7.90. The predicted molar refractivity (Wildman–Crippen MR) is 85.7 cm³/mol. The standard InChI is InChI=1S/C13H13BrN4O2S/c1-2-7-15-13-16-8-10(18(19)20)12(17-13)21-11-6-4-3-5-9(11)14/h3-6,8H,2,7H2,1H3,(H,15,16,17). The second kappa shape index (κ2) is 7.37. The van der Waals surface area contributed by atoms with Crippen LogP contribution in [0.25, 0.3) is 0 Å². The van der Waals surface area contributed by atoms with Gasteiger partial charge in [-0.3, -0.25) is 10.1 Å². The molecule has 110 valence electrons. The molecule has 0 saturated heterocycles. The maximum atomic E-state index is 11.1. The molecule has 0 amide bonds. The molecular weight excluding hydrogens is 356 g/mol. The van der Waals surface area contributed by atoms with Crippen molar-refractivity contribution in [1.29, 1.82) is 0 Å². The lowest BCUT2D eigenvalue weighted by Crippen LogP contribution is -2.06. The quantitative estimate of drug-likeness (QED) is 0.469. The summed E-state index contributed by atoms with van der Waals surface area (Å²) in [6, 6.07) is 7.51. The minimum atomic E-state index is -0.469. The summed E-state index contributed by atoms with van der Waals surface area (Å²) in [5.41, 5.74) is -0.0993. The zero-order valence-corrected chi connectivity index (χ0v) is 13.6. The van der Waals surface area contributed by atoms with Gasteiger partial charge in [-0.2, -0.15) is 4.98 Å². The summed E-state index contributed by atoms with van der Waals surface area (Å²) < 4.78 is 0.867. The van der Waals surface area contributed by atoms with Crippen molar-refractivity contribution in [3.8, 4) is 0 Å². The molecule has 0 bridgehead atoms. The normalized spacial score (nSPS) is 10.4. The molecule has 6 nitrogen and oxygen atoms in total. The third-order valence-electron chi connectivity index (χ3n) is 2.51. The van der Waals surface area contributed by atoms with E-state index in [1.165, 1.54) is 18.0 Å². The molecule has 0 saturated carbocycles. The molecule has 0 spiro atoms. The summed E-state index contributed by atoms with van der Waals surface area (Å²) in [6.07, 6.45) is 2.16. The molecule has 8 heteroatoms. The number of nitrogens with one attached hydrogen (secondary N) is 1. The van der Waals surface area contributed by atoms with E-state index < -0.39 is 4.92 Å². The van der Waals surface area contributed by atoms with Gasteiger partial charge < -0.3 is 5.32 Å². The molecule has 0 aliphatic rings. The molecular formula is C13H13BrN4O2S. The van der Waals surface area contributed by atoms with Gasteiger partial charge in [-0.05, 0) is 34.5 Å². The highest BCUT2D eigenvalue weighted by molar-refractivity contribution is 9.10. The van der Waals surface area contributed by atoms with Gasteiger partial charge in [0.25, 0.3) is 0 Å². The van der Waals surface area contributed by atoms with Gasteiger partial charge in [-0.15, -0.1) is 0 Å². The Balaban J connectivity index is 2.34. The van der Waals surface area contributed by atoms with Crippen LogP contribution in [-0.4, -0.2) is 21.4 Å². The van der Waals surface area contributed by atoms with E-state index in [2.05, 4.69) is 31.2 Å². The van der Waals surface area contributed by atoms with Gasteiger partial charge in [0, 0.05) is 15.9 Å². The minimum Gasteiger partial charge on any atom is -0.354 e. The molecule has 0 fully saturated rings. The third kappa shape index (κ3) is 4.15. The number of halogens is 1. The zero-order valence-electron chi connectivity index (χ0n) is 11.2. The predicted octanol–water partition coefficient (Wildman–Crippen LogP) is 4.12. The first-order chi connectivity index (χ1) is 10.1. The lowest BCUT2D eigenvalue weighted by molar-refractivity contribution is -0.388. The number of benzene rings is 1. The lowest BCUT2D eigenvalue weighted by Gasteiger charge is -2.07. The molecule has 1 aromatic carbocycles. The molecule has 2 rings (SSSR count). The summed E-state index contributed by atoms with van der Waals surface area (Å²) in [5, 5.41) is 14.5. The number of anilines is 1. The first kappa shape index (κ1) is 15.7. The number of aromatic nitrogens is 2. The molecule has 0 aliphatic heterocycles. The molecule has 1 N–H and O–H groups in total. The number of hydrogen-bond acceptors (Lipinski definition) is 6. The SMILES string of the molecule is CCCNc1ncc([N+](=O)[O-])c(Sc2ccccc2Br)n1. The molecule has 0 radical (unpaired) electrons. The topological polar surface area (TPSA) is 81.0 Å². The van der Waals surface area contributed by atoms with Crippen molar-refractivity contribution in [3.63, 3.8) is 0 Å². The van der Waals surface area contributed by atoms with Crippen LogP contribution in [0.1, 0.15) is 13.3 Å². The summed E-state index contributed by atoms with van der Waals surface area (Å²) >= 11 is 4.66. The van der Waals surface area contributed by atoms with Crippen LogP contribution < -0.4 is 5.32 Å². The number of nitrogens with zero attached hydrogens (tertiary/aromatic N) is 3. The average Bonchev–Trinajstić information content (AvgIpc) is 2.47. The molecule has 0 unspecified atom stereocenters. The molecule has 1 aromatic heterocycles. The highest BCUT2D eigenvalue weighted by Gasteiger charge is 2.19. The Kier molecular flexibility index (Phi) is 5.51. The van der Waals surface area contributed by atoms with Crippen LogP contribution in [0.2, 0.25) is 0 Å². The van der Waals surface area contributed by atoms with Gasteiger partial charge in [-0.25, -0.2) is 4.98 Å². The molecule has 21 heavy (non-hydrogen) atoms. The van der Waals surface area contributed by atoms with E-state index in [4.69, 9.17) is 0 Å². The van der Waals surface area contributed by atoms with Crippen LogP contribution in [0, 0.1) is 10.1 Å². The Morgan fingerprint density at radius 2 is 2.19 bits per heavy atom. The fourth-order valence-electron chi connectivity index (χ4n) is 1.51. The van der Waals surface area contributed by atoms with Crippen molar-refractivity contribution in [2.24, 2.45) is 0 Å². The van der Waals surface area contributed by atoms with Gasteiger partial charge in [-0.1, -0.05) is 30.8 Å². The van der Waals surface area contributed by atoms with E-state index in [0.717, 1.165) is 22.3 Å². The highest BCUT2D eigenvalue weighted by atomic mass is 79.9. The van der Waals surface area contributed by atoms with Crippen molar-refractivity contribution >= 4 is 39.3 Å². The van der Waals surface area contributed by atoms with Crippen LogP contribution >= 0.6 is 27.7 Å². The zero-order chi connectivity index (χ0) is 15.2. The van der Waals surface area contributed by atoms with E-state index in [9.17, 15) is 10.1 Å².